The predicted molar refractivity (Wildman–Crippen MR) is 89.5 cm³/mol. The van der Waals surface area contributed by atoms with Crippen molar-refractivity contribution >= 4 is 11.8 Å². The lowest BCUT2D eigenvalue weighted by atomic mass is 10.1. The lowest BCUT2D eigenvalue weighted by molar-refractivity contribution is -0.124. The molecule has 0 spiro atoms. The molecule has 26 heavy (non-hydrogen) atoms. The van der Waals surface area contributed by atoms with Gasteiger partial charge in [-0.1, -0.05) is 0 Å². The second-order valence-electron chi connectivity index (χ2n) is 6.52. The van der Waals surface area contributed by atoms with E-state index in [9.17, 15) is 18.4 Å². The Labute approximate surface area is 150 Å². The lowest BCUT2D eigenvalue weighted by Crippen LogP contribution is -2.50. The van der Waals surface area contributed by atoms with Gasteiger partial charge >= 0.3 is 6.61 Å². The van der Waals surface area contributed by atoms with Crippen molar-refractivity contribution in [1.82, 2.24) is 10.6 Å². The molecule has 0 bridgehead atoms. The summed E-state index contributed by atoms with van der Waals surface area (Å²) in [5.41, 5.74) is 0.234. The fraction of sp³-hybridized carbons (Fsp3) is 0.556. The third-order valence-electron chi connectivity index (χ3n) is 4.61. The van der Waals surface area contributed by atoms with Crippen molar-refractivity contribution in [3.05, 3.63) is 23.8 Å². The number of carbonyl (C=O) groups is 2. The van der Waals surface area contributed by atoms with Crippen molar-refractivity contribution in [1.29, 1.82) is 0 Å². The van der Waals surface area contributed by atoms with Gasteiger partial charge in [-0.2, -0.15) is 8.78 Å². The Bertz CT molecular complexity index is 663. The van der Waals surface area contributed by atoms with Gasteiger partial charge in [-0.3, -0.25) is 9.59 Å². The molecule has 1 heterocycles. The summed E-state index contributed by atoms with van der Waals surface area (Å²) in [6.07, 6.45) is 5.00. The van der Waals surface area contributed by atoms with Crippen molar-refractivity contribution in [3.63, 3.8) is 0 Å². The monoisotopic (exact) mass is 368 g/mol. The van der Waals surface area contributed by atoms with Crippen LogP contribution in [0.25, 0.3) is 0 Å². The second kappa shape index (κ2) is 8.33. The van der Waals surface area contributed by atoms with Crippen LogP contribution in [0.4, 0.5) is 8.78 Å². The molecule has 2 N–H and O–H groups in total. The van der Waals surface area contributed by atoms with Gasteiger partial charge in [0.15, 0.2) is 11.5 Å². The number of nitrogens with one attached hydrogen (secondary N) is 2. The van der Waals surface area contributed by atoms with Gasteiger partial charge in [0.25, 0.3) is 5.91 Å². The van der Waals surface area contributed by atoms with Crippen LogP contribution < -0.4 is 20.1 Å². The normalized spacial score (nSPS) is 20.7. The topological polar surface area (TPSA) is 76.7 Å². The van der Waals surface area contributed by atoms with Gasteiger partial charge < -0.3 is 20.1 Å². The SMILES string of the molecule is O=C(N[C@H]1CCCNC1=O)c1ccc(OC(F)F)c(OC2CCCC2)c1. The molecule has 142 valence electrons. The standard InChI is InChI=1S/C18H22F2N2O4/c19-18(20)26-14-8-7-11(10-15(14)25-12-4-1-2-5-12)16(23)22-13-6-3-9-21-17(13)24/h7-8,10,12-13,18H,1-6,9H2,(H,21,24)(H,22,23)/t13-/m0/s1. The van der Waals surface area contributed by atoms with E-state index in [2.05, 4.69) is 15.4 Å². The molecule has 0 aromatic heterocycles. The van der Waals surface area contributed by atoms with E-state index in [0.717, 1.165) is 32.1 Å². The second-order valence-corrected chi connectivity index (χ2v) is 6.52. The van der Waals surface area contributed by atoms with Crippen LogP contribution >= 0.6 is 0 Å². The minimum Gasteiger partial charge on any atom is -0.487 e. The molecule has 1 aromatic rings. The Morgan fingerprint density at radius 2 is 1.92 bits per heavy atom. The molecule has 2 aliphatic rings. The molecular formula is C18H22F2N2O4. The number of hydrogen-bond acceptors (Lipinski definition) is 4. The molecule has 1 aliphatic heterocycles. The van der Waals surface area contributed by atoms with E-state index in [-0.39, 0.29) is 29.1 Å². The Hall–Kier alpha value is -2.38. The van der Waals surface area contributed by atoms with Crippen molar-refractivity contribution in [2.75, 3.05) is 6.54 Å². The number of amides is 2. The molecule has 0 radical (unpaired) electrons. The maximum Gasteiger partial charge on any atom is 0.387 e. The molecular weight excluding hydrogens is 346 g/mol. The first-order chi connectivity index (χ1) is 12.5. The van der Waals surface area contributed by atoms with E-state index in [1.807, 2.05) is 0 Å². The number of ether oxygens (including phenoxy) is 2. The van der Waals surface area contributed by atoms with E-state index >= 15 is 0 Å². The molecule has 1 saturated carbocycles. The molecule has 3 rings (SSSR count). The summed E-state index contributed by atoms with van der Waals surface area (Å²) in [5, 5.41) is 5.37. The molecule has 2 amide bonds. The van der Waals surface area contributed by atoms with Gasteiger partial charge in [0, 0.05) is 12.1 Å². The molecule has 1 saturated heterocycles. The summed E-state index contributed by atoms with van der Waals surface area (Å²) in [6.45, 7) is -2.38. The van der Waals surface area contributed by atoms with Crippen LogP contribution in [-0.4, -0.2) is 37.1 Å². The van der Waals surface area contributed by atoms with Crippen LogP contribution in [0.5, 0.6) is 11.5 Å². The summed E-state index contributed by atoms with van der Waals surface area (Å²) >= 11 is 0. The zero-order valence-corrected chi connectivity index (χ0v) is 14.3. The quantitative estimate of drug-likeness (QED) is 0.809. The zero-order valence-electron chi connectivity index (χ0n) is 14.3. The molecule has 1 aromatic carbocycles. The fourth-order valence-corrected chi connectivity index (χ4v) is 3.27. The van der Waals surface area contributed by atoms with E-state index in [1.54, 1.807) is 0 Å². The number of halogens is 2. The van der Waals surface area contributed by atoms with Crippen LogP contribution in [0.3, 0.4) is 0 Å². The highest BCUT2D eigenvalue weighted by molar-refractivity contribution is 5.98. The maximum absolute atomic E-state index is 12.6. The summed E-state index contributed by atoms with van der Waals surface area (Å²) < 4.78 is 35.5. The van der Waals surface area contributed by atoms with Crippen LogP contribution in [0.15, 0.2) is 18.2 Å². The molecule has 1 aliphatic carbocycles. The highest BCUT2D eigenvalue weighted by Crippen LogP contribution is 2.33. The number of alkyl halides is 2. The number of benzene rings is 1. The number of carbonyl (C=O) groups excluding carboxylic acids is 2. The molecule has 0 unspecified atom stereocenters. The van der Waals surface area contributed by atoms with Crippen molar-refractivity contribution in [3.8, 4) is 11.5 Å². The van der Waals surface area contributed by atoms with Gasteiger partial charge in [0.2, 0.25) is 5.91 Å². The van der Waals surface area contributed by atoms with Crippen molar-refractivity contribution in [2.45, 2.75) is 57.3 Å². The van der Waals surface area contributed by atoms with Gasteiger partial charge in [-0.25, -0.2) is 0 Å². The highest BCUT2D eigenvalue weighted by atomic mass is 19.3. The number of piperidine rings is 1. The first-order valence-electron chi connectivity index (χ1n) is 8.87. The molecule has 1 atom stereocenters. The summed E-state index contributed by atoms with van der Waals surface area (Å²) in [4.78, 5) is 24.2. The average Bonchev–Trinajstić information content (AvgIpc) is 3.11. The van der Waals surface area contributed by atoms with Crippen molar-refractivity contribution in [2.24, 2.45) is 0 Å². The highest BCUT2D eigenvalue weighted by Gasteiger charge is 2.25. The van der Waals surface area contributed by atoms with Crippen LogP contribution in [0.1, 0.15) is 48.9 Å². The Morgan fingerprint density at radius 1 is 1.15 bits per heavy atom. The van der Waals surface area contributed by atoms with E-state index in [1.165, 1.54) is 18.2 Å². The first kappa shape index (κ1) is 18.4. The number of rotatable bonds is 6. The van der Waals surface area contributed by atoms with Gasteiger partial charge in [-0.05, 0) is 56.7 Å². The van der Waals surface area contributed by atoms with E-state index in [0.29, 0.717) is 13.0 Å². The van der Waals surface area contributed by atoms with E-state index in [4.69, 9.17) is 4.74 Å². The van der Waals surface area contributed by atoms with Crippen LogP contribution in [0.2, 0.25) is 0 Å². The first-order valence-corrected chi connectivity index (χ1v) is 8.87. The van der Waals surface area contributed by atoms with Crippen molar-refractivity contribution < 1.29 is 27.8 Å². The summed E-state index contributed by atoms with van der Waals surface area (Å²) in [6, 6.07) is 3.49. The van der Waals surface area contributed by atoms with Gasteiger partial charge in [-0.15, -0.1) is 0 Å². The Balaban J connectivity index is 1.75. The minimum atomic E-state index is -2.98. The summed E-state index contributed by atoms with van der Waals surface area (Å²) in [7, 11) is 0. The third-order valence-corrected chi connectivity index (χ3v) is 4.61. The Morgan fingerprint density at radius 3 is 2.62 bits per heavy atom. The van der Waals surface area contributed by atoms with Gasteiger partial charge in [0.1, 0.15) is 6.04 Å². The molecule has 2 fully saturated rings. The van der Waals surface area contributed by atoms with Crippen LogP contribution in [0, 0.1) is 0 Å². The molecule has 8 heteroatoms. The Kier molecular flexibility index (Phi) is 5.90. The smallest absolute Gasteiger partial charge is 0.387 e. The van der Waals surface area contributed by atoms with Gasteiger partial charge in [0.05, 0.1) is 6.10 Å². The zero-order chi connectivity index (χ0) is 18.5. The predicted octanol–water partition coefficient (Wildman–Crippen LogP) is 2.62. The van der Waals surface area contributed by atoms with Crippen LogP contribution in [-0.2, 0) is 4.79 Å². The summed E-state index contributed by atoms with van der Waals surface area (Å²) in [5.74, 6) is -0.645. The average molecular weight is 368 g/mol. The minimum absolute atomic E-state index is 0.0718. The van der Waals surface area contributed by atoms with E-state index < -0.39 is 18.6 Å². The largest absolute Gasteiger partial charge is 0.487 e. The maximum atomic E-state index is 12.6. The lowest BCUT2D eigenvalue weighted by Gasteiger charge is -2.23. The third kappa shape index (κ3) is 4.62. The molecule has 6 nitrogen and oxygen atoms in total. The number of hydrogen-bond donors (Lipinski definition) is 2. The fourth-order valence-electron chi connectivity index (χ4n) is 3.27.